The van der Waals surface area contributed by atoms with Gasteiger partial charge in [0.15, 0.2) is 0 Å². The largest absolute Gasteiger partial charge is 0.513 e. The zero-order valence-electron chi connectivity index (χ0n) is 24.4. The minimum Gasteiger partial charge on any atom is -0.489 e. The lowest BCUT2D eigenvalue weighted by Crippen LogP contribution is -2.42. The third-order valence-corrected chi connectivity index (χ3v) is 7.83. The summed E-state index contributed by atoms with van der Waals surface area (Å²) in [5, 5.41) is 0. The smallest absolute Gasteiger partial charge is 0.489 e. The molecule has 2 aromatic carbocycles. The van der Waals surface area contributed by atoms with Gasteiger partial charge >= 0.3 is 6.16 Å². The number of likely N-dealkylation sites (N-methyl/N-ethyl adjacent to an activating group) is 1. The average molecular weight is 570 g/mol. The monoisotopic (exact) mass is 569 g/mol. The van der Waals surface area contributed by atoms with E-state index in [0.717, 1.165) is 64.1 Å². The minimum absolute atomic E-state index is 0.343. The van der Waals surface area contributed by atoms with Crippen LogP contribution in [0.25, 0.3) is 6.08 Å². The molecule has 2 aromatic rings. The van der Waals surface area contributed by atoms with Crippen LogP contribution in [-0.4, -0.2) is 55.5 Å². The number of imide groups is 1. The van der Waals surface area contributed by atoms with Crippen LogP contribution in [-0.2, 0) is 20.7 Å². The van der Waals surface area contributed by atoms with E-state index in [1.807, 2.05) is 58.9 Å². The molecule has 0 aromatic heterocycles. The first-order valence-electron chi connectivity index (χ1n) is 13.4. The Morgan fingerprint density at radius 3 is 2.45 bits per heavy atom. The number of rotatable bonds is 11. The van der Waals surface area contributed by atoms with Gasteiger partial charge in [0.2, 0.25) is 6.41 Å². The Kier molecular flexibility index (Phi) is 10.7. The van der Waals surface area contributed by atoms with E-state index in [2.05, 4.69) is 0 Å². The molecule has 40 heavy (non-hydrogen) atoms. The molecule has 1 heterocycles. The molecule has 0 spiro atoms. The molecular formula is C31H39NO7S. The van der Waals surface area contributed by atoms with Crippen LogP contribution in [0.1, 0.15) is 60.9 Å². The highest BCUT2D eigenvalue weighted by atomic mass is 32.2. The summed E-state index contributed by atoms with van der Waals surface area (Å²) in [6.45, 7) is 10.6. The molecule has 0 fully saturated rings. The van der Waals surface area contributed by atoms with Crippen LogP contribution >= 0.6 is 11.8 Å². The van der Waals surface area contributed by atoms with Crippen molar-refractivity contribution in [3.8, 4) is 17.2 Å². The fraction of sp³-hybridized carbons (Fsp3) is 0.452. The van der Waals surface area contributed by atoms with E-state index in [1.165, 1.54) is 18.8 Å². The van der Waals surface area contributed by atoms with Gasteiger partial charge in [-0.2, -0.15) is 0 Å². The van der Waals surface area contributed by atoms with E-state index in [1.54, 1.807) is 12.3 Å². The molecule has 0 N–H and O–H groups in total. The maximum Gasteiger partial charge on any atom is 0.513 e. The fourth-order valence-corrected chi connectivity index (χ4v) is 5.00. The number of unbranched alkanes of at least 4 members (excludes halogenated alkanes) is 1. The molecule has 8 nitrogen and oxygen atoms in total. The Balaban J connectivity index is 1.70. The number of hydrogen-bond donors (Lipinski definition) is 0. The third kappa shape index (κ3) is 7.38. The first-order chi connectivity index (χ1) is 19.0. The first kappa shape index (κ1) is 31.1. The topological polar surface area (TPSA) is 91.4 Å². The van der Waals surface area contributed by atoms with Crippen molar-refractivity contribution in [2.24, 2.45) is 0 Å². The second-order valence-corrected chi connectivity index (χ2v) is 11.1. The van der Waals surface area contributed by atoms with Gasteiger partial charge in [0, 0.05) is 12.6 Å². The summed E-state index contributed by atoms with van der Waals surface area (Å²) in [7, 11) is 1.44. The van der Waals surface area contributed by atoms with E-state index in [0.29, 0.717) is 36.0 Å². The first-order valence-corrected chi connectivity index (χ1v) is 14.6. The molecule has 216 valence electrons. The molecule has 1 aliphatic rings. The highest BCUT2D eigenvalue weighted by molar-refractivity contribution is 8.03. The van der Waals surface area contributed by atoms with Crippen molar-refractivity contribution in [3.63, 3.8) is 0 Å². The van der Waals surface area contributed by atoms with Gasteiger partial charge in [0.1, 0.15) is 29.5 Å². The van der Waals surface area contributed by atoms with Crippen LogP contribution < -0.4 is 14.2 Å². The molecular weight excluding hydrogens is 530 g/mol. The molecule has 2 amide bonds. The molecule has 0 aliphatic carbocycles. The van der Waals surface area contributed by atoms with Crippen LogP contribution in [0.3, 0.4) is 0 Å². The maximum absolute atomic E-state index is 12.3. The number of fused-ring (bicyclic) bond motifs is 1. The molecule has 0 bridgehead atoms. The standard InChI is InChI=1S/C31H39NO7S/c1-8-9-16-36-30(35)38-27-20(2)21(3)28-25(22(27)4)14-15-31(5,39-28)18-37-24-12-10-23(11-13-24)17-26(40-7)29(34)32(6)19-33/h10-13,17,19H,8-9,14-16,18H2,1-7H3/b26-17-. The van der Waals surface area contributed by atoms with Gasteiger partial charge < -0.3 is 18.9 Å². The zero-order valence-corrected chi connectivity index (χ0v) is 25.2. The van der Waals surface area contributed by atoms with Crippen LogP contribution in [0.15, 0.2) is 29.2 Å². The van der Waals surface area contributed by atoms with E-state index in [9.17, 15) is 14.4 Å². The minimum atomic E-state index is -0.681. The van der Waals surface area contributed by atoms with E-state index >= 15 is 0 Å². The Morgan fingerprint density at radius 1 is 1.12 bits per heavy atom. The fourth-order valence-electron chi connectivity index (χ4n) is 4.43. The number of hydrogen-bond acceptors (Lipinski definition) is 8. The van der Waals surface area contributed by atoms with Crippen LogP contribution in [0.2, 0.25) is 0 Å². The Morgan fingerprint density at radius 2 is 1.82 bits per heavy atom. The summed E-state index contributed by atoms with van der Waals surface area (Å²) >= 11 is 1.29. The number of nitrogens with zero attached hydrogens (tertiary/aromatic N) is 1. The van der Waals surface area contributed by atoms with Gasteiger partial charge in [0.05, 0.1) is 11.5 Å². The lowest BCUT2D eigenvalue weighted by molar-refractivity contribution is -0.133. The molecule has 1 unspecified atom stereocenters. The lowest BCUT2D eigenvalue weighted by Gasteiger charge is -2.37. The van der Waals surface area contributed by atoms with Crippen molar-refractivity contribution < 1.29 is 33.3 Å². The normalized spacial score (nSPS) is 16.4. The second-order valence-electron chi connectivity index (χ2n) is 10.2. The van der Waals surface area contributed by atoms with Crippen LogP contribution in [0.4, 0.5) is 4.79 Å². The highest BCUT2D eigenvalue weighted by Crippen LogP contribution is 2.44. The number of ether oxygens (including phenoxy) is 4. The predicted molar refractivity (Wildman–Crippen MR) is 157 cm³/mol. The lowest BCUT2D eigenvalue weighted by atomic mass is 9.87. The average Bonchev–Trinajstić information content (AvgIpc) is 2.95. The van der Waals surface area contributed by atoms with Crippen molar-refractivity contribution in [2.45, 2.75) is 65.9 Å². The SMILES string of the molecule is CCCCOC(=O)Oc1c(C)c(C)c2c(c1C)CCC(C)(COc1ccc(/C=C(\SC)C(=O)N(C)C=O)cc1)O2. The Labute approximate surface area is 241 Å². The summed E-state index contributed by atoms with van der Waals surface area (Å²) in [4.78, 5) is 36.9. The maximum atomic E-state index is 12.3. The number of carbonyl (C=O) groups excluding carboxylic acids is 3. The van der Waals surface area contributed by atoms with Crippen LogP contribution in [0, 0.1) is 20.8 Å². The summed E-state index contributed by atoms with van der Waals surface area (Å²) in [5.74, 6) is 1.69. The van der Waals surface area contributed by atoms with Crippen LogP contribution in [0.5, 0.6) is 17.2 Å². The van der Waals surface area contributed by atoms with Gasteiger partial charge in [-0.1, -0.05) is 25.5 Å². The molecule has 1 atom stereocenters. The van der Waals surface area contributed by atoms with E-state index in [4.69, 9.17) is 18.9 Å². The quantitative estimate of drug-likeness (QED) is 0.101. The zero-order chi connectivity index (χ0) is 29.4. The molecule has 3 rings (SSSR count). The van der Waals surface area contributed by atoms with Crippen molar-refractivity contribution >= 4 is 36.3 Å². The summed E-state index contributed by atoms with van der Waals surface area (Å²) < 4.78 is 23.5. The summed E-state index contributed by atoms with van der Waals surface area (Å²) in [6.07, 6.45) is 6.58. The Bertz CT molecular complexity index is 1270. The van der Waals surface area contributed by atoms with Crippen molar-refractivity contribution in [2.75, 3.05) is 26.5 Å². The predicted octanol–water partition coefficient (Wildman–Crippen LogP) is 6.41. The van der Waals surface area contributed by atoms with Gasteiger partial charge in [0.25, 0.3) is 5.91 Å². The van der Waals surface area contributed by atoms with Gasteiger partial charge in [-0.3, -0.25) is 14.5 Å². The van der Waals surface area contributed by atoms with Gasteiger partial charge in [-0.15, -0.1) is 11.8 Å². The van der Waals surface area contributed by atoms with Crippen molar-refractivity contribution in [1.29, 1.82) is 0 Å². The van der Waals surface area contributed by atoms with E-state index < -0.39 is 11.8 Å². The highest BCUT2D eigenvalue weighted by Gasteiger charge is 2.36. The Hall–Kier alpha value is -3.46. The van der Waals surface area contributed by atoms with Crippen molar-refractivity contribution in [1.82, 2.24) is 4.90 Å². The summed E-state index contributed by atoms with van der Waals surface area (Å²) in [5.41, 5.74) is 3.98. The van der Waals surface area contributed by atoms with Gasteiger partial charge in [-0.25, -0.2) is 4.79 Å². The third-order valence-electron chi connectivity index (χ3n) is 7.10. The van der Waals surface area contributed by atoms with Crippen molar-refractivity contribution in [3.05, 3.63) is 57.0 Å². The molecule has 0 saturated heterocycles. The molecule has 0 radical (unpaired) electrons. The summed E-state index contributed by atoms with van der Waals surface area (Å²) in [6, 6.07) is 7.43. The molecule has 9 heteroatoms. The molecule has 0 saturated carbocycles. The number of carbonyl (C=O) groups is 3. The van der Waals surface area contributed by atoms with E-state index in [-0.39, 0.29) is 5.91 Å². The second kappa shape index (κ2) is 13.7. The number of thioether (sulfide) groups is 1. The number of amides is 2. The van der Waals surface area contributed by atoms with Gasteiger partial charge in [-0.05, 0) is 93.7 Å². The molecule has 1 aliphatic heterocycles. The number of benzene rings is 2.